The molecule has 1 heterocycles. The van der Waals surface area contributed by atoms with Gasteiger partial charge in [0.15, 0.2) is 0 Å². The fourth-order valence-electron chi connectivity index (χ4n) is 12.9. The predicted octanol–water partition coefficient (Wildman–Crippen LogP) is 22.1. The summed E-state index contributed by atoms with van der Waals surface area (Å²) in [6, 6.07) is 82.4. The predicted molar refractivity (Wildman–Crippen MR) is 340 cm³/mol. The molecule has 1 aromatic heterocycles. The van der Waals surface area contributed by atoms with Crippen molar-refractivity contribution in [3.63, 3.8) is 0 Å². The van der Waals surface area contributed by atoms with Crippen LogP contribution in [0.3, 0.4) is 0 Å². The second-order valence-electron chi connectivity index (χ2n) is 23.0. The average Bonchev–Trinajstić information content (AvgIpc) is 4.06. The molecular weight excluding hydrogens is 953 g/mol. The van der Waals surface area contributed by atoms with Crippen LogP contribution in [0.1, 0.15) is 112 Å². The maximum Gasteiger partial charge on any atom is 0.0541 e. The van der Waals surface area contributed by atoms with Crippen molar-refractivity contribution in [1.82, 2.24) is 4.57 Å². The Morgan fingerprint density at radius 1 is 0.367 bits per heavy atom. The van der Waals surface area contributed by atoms with E-state index in [4.69, 9.17) is 0 Å². The average molecular weight is 1030 g/mol. The van der Waals surface area contributed by atoms with Crippen molar-refractivity contribution in [3.8, 4) is 61.3 Å². The minimum Gasteiger partial charge on any atom is -0.310 e. The number of nitrogens with zero attached hydrogens (tertiary/aromatic N) is 2. The molecule has 1 aliphatic rings. The number of hydrogen-bond donors (Lipinski definition) is 0. The topological polar surface area (TPSA) is 8.17 Å². The van der Waals surface area contributed by atoms with Gasteiger partial charge in [0.05, 0.1) is 11.0 Å². The molecule has 0 bridgehead atoms. The summed E-state index contributed by atoms with van der Waals surface area (Å²) in [4.78, 5) is 2.43. The lowest BCUT2D eigenvalue weighted by Gasteiger charge is -2.28. The van der Waals surface area contributed by atoms with Gasteiger partial charge in [-0.05, 0) is 201 Å². The van der Waals surface area contributed by atoms with Crippen LogP contribution >= 0.6 is 0 Å². The van der Waals surface area contributed by atoms with E-state index in [-0.39, 0.29) is 5.41 Å². The van der Waals surface area contributed by atoms with Crippen molar-refractivity contribution in [1.29, 1.82) is 0 Å². The number of benzene rings is 10. The molecule has 11 aromatic rings. The number of aryl methyl sites for hydroxylation is 4. The van der Waals surface area contributed by atoms with Gasteiger partial charge in [0.2, 0.25) is 0 Å². The Labute approximate surface area is 470 Å². The highest BCUT2D eigenvalue weighted by atomic mass is 15.1. The zero-order chi connectivity index (χ0) is 54.0. The van der Waals surface area contributed by atoms with E-state index in [1.54, 1.807) is 0 Å². The molecule has 392 valence electrons. The van der Waals surface area contributed by atoms with Gasteiger partial charge in [-0.2, -0.15) is 0 Å². The van der Waals surface area contributed by atoms with E-state index in [0.29, 0.717) is 0 Å². The molecule has 79 heavy (non-hydrogen) atoms. The molecule has 0 N–H and O–H groups in total. The first-order valence-electron chi connectivity index (χ1n) is 29.4. The highest BCUT2D eigenvalue weighted by Crippen LogP contribution is 2.51. The van der Waals surface area contributed by atoms with E-state index in [2.05, 4.69) is 269 Å². The third kappa shape index (κ3) is 10.1. The van der Waals surface area contributed by atoms with Crippen LogP contribution in [0, 0.1) is 13.8 Å². The van der Waals surface area contributed by atoms with Crippen molar-refractivity contribution in [2.24, 2.45) is 0 Å². The lowest BCUT2D eigenvalue weighted by atomic mass is 9.82. The van der Waals surface area contributed by atoms with Crippen molar-refractivity contribution >= 4 is 38.9 Å². The first-order chi connectivity index (χ1) is 38.7. The molecule has 0 amide bonds. The van der Waals surface area contributed by atoms with E-state index in [1.807, 2.05) is 0 Å². The quantitative estimate of drug-likeness (QED) is 0.0778. The molecule has 12 rings (SSSR count). The van der Waals surface area contributed by atoms with Crippen molar-refractivity contribution < 1.29 is 0 Å². The molecule has 1 aliphatic carbocycles. The molecule has 0 saturated carbocycles. The maximum atomic E-state index is 2.57. The Bertz CT molecular complexity index is 3950. The fraction of sp³-hybridized carbons (Fsp3) is 0.221. The number of fused-ring (bicyclic) bond motifs is 6. The molecule has 2 nitrogen and oxygen atoms in total. The van der Waals surface area contributed by atoms with E-state index >= 15 is 0 Å². The molecule has 0 unspecified atom stereocenters. The molecule has 0 radical (unpaired) electrons. The largest absolute Gasteiger partial charge is 0.310 e. The number of aromatic nitrogens is 1. The molecule has 0 fully saturated rings. The van der Waals surface area contributed by atoms with Crippen LogP contribution in [-0.2, 0) is 18.3 Å². The van der Waals surface area contributed by atoms with Gasteiger partial charge in [0.25, 0.3) is 0 Å². The lowest BCUT2D eigenvalue weighted by molar-refractivity contribution is 0.660. The number of unbranched alkanes of at least 4 members (excludes halogenated alkanes) is 6. The van der Waals surface area contributed by atoms with Gasteiger partial charge in [-0.3, -0.25) is 0 Å². The van der Waals surface area contributed by atoms with Gasteiger partial charge in [0.1, 0.15) is 0 Å². The monoisotopic (exact) mass is 1030 g/mol. The summed E-state index contributed by atoms with van der Waals surface area (Å²) >= 11 is 0. The molecule has 0 atom stereocenters. The van der Waals surface area contributed by atoms with Crippen molar-refractivity contribution in [2.75, 3.05) is 4.90 Å². The third-order valence-electron chi connectivity index (χ3n) is 17.2. The van der Waals surface area contributed by atoms with Crippen LogP contribution in [0.4, 0.5) is 17.1 Å². The van der Waals surface area contributed by atoms with Crippen LogP contribution in [0.2, 0.25) is 0 Å². The summed E-state index contributed by atoms with van der Waals surface area (Å²) in [6.07, 6.45) is 12.4. The molecule has 0 saturated heterocycles. The van der Waals surface area contributed by atoms with E-state index in [1.165, 1.54) is 168 Å². The Balaban J connectivity index is 0.955. The first kappa shape index (κ1) is 51.6. The number of hydrogen-bond acceptors (Lipinski definition) is 1. The van der Waals surface area contributed by atoms with Crippen molar-refractivity contribution in [2.45, 2.75) is 111 Å². The van der Waals surface area contributed by atoms with Gasteiger partial charge in [-0.1, -0.05) is 212 Å². The van der Waals surface area contributed by atoms with Crippen LogP contribution in [0.15, 0.2) is 218 Å². The summed E-state index contributed by atoms with van der Waals surface area (Å²) in [5.74, 6) is 0. The minimum absolute atomic E-state index is 0.116. The fourth-order valence-corrected chi connectivity index (χ4v) is 12.9. The molecular formula is C77H74N2. The number of rotatable bonds is 18. The van der Waals surface area contributed by atoms with Gasteiger partial charge < -0.3 is 9.47 Å². The van der Waals surface area contributed by atoms with Crippen LogP contribution < -0.4 is 4.90 Å². The Hall–Kier alpha value is -8.20. The zero-order valence-corrected chi connectivity index (χ0v) is 47.3. The SMILES string of the molecule is CCCCCCc1cc(-c2cc(C)cc(-n3c4ccc(-c5ccccc5)cc4c4cc(-c5ccc(N(c6ccc(-c7ccccc7)cc6)c6ccc7c(c6)C(C)(C)c6ccccc6-7)cc5)ccc43)c2)c(CCCCCC)cc1C. The van der Waals surface area contributed by atoms with Gasteiger partial charge in [-0.15, -0.1) is 0 Å². The second-order valence-corrected chi connectivity index (χ2v) is 23.0. The first-order valence-corrected chi connectivity index (χ1v) is 29.4. The van der Waals surface area contributed by atoms with E-state index < -0.39 is 0 Å². The summed E-state index contributed by atoms with van der Waals surface area (Å²) in [7, 11) is 0. The Morgan fingerprint density at radius 2 is 0.873 bits per heavy atom. The van der Waals surface area contributed by atoms with Gasteiger partial charge >= 0.3 is 0 Å². The Kier molecular flexibility index (Phi) is 14.5. The smallest absolute Gasteiger partial charge is 0.0541 e. The summed E-state index contributed by atoms with van der Waals surface area (Å²) < 4.78 is 2.53. The second kappa shape index (κ2) is 22.3. The highest BCUT2D eigenvalue weighted by Gasteiger charge is 2.36. The number of anilines is 3. The highest BCUT2D eigenvalue weighted by molar-refractivity contribution is 6.12. The van der Waals surface area contributed by atoms with Gasteiger partial charge in [-0.25, -0.2) is 0 Å². The summed E-state index contributed by atoms with van der Waals surface area (Å²) in [5.41, 5.74) is 28.0. The minimum atomic E-state index is -0.116. The zero-order valence-electron chi connectivity index (χ0n) is 47.3. The lowest BCUT2D eigenvalue weighted by Crippen LogP contribution is -2.16. The normalized spacial score (nSPS) is 12.5. The van der Waals surface area contributed by atoms with Crippen LogP contribution in [0.5, 0.6) is 0 Å². The van der Waals surface area contributed by atoms with E-state index in [0.717, 1.165) is 29.9 Å². The third-order valence-corrected chi connectivity index (χ3v) is 17.2. The molecule has 0 aliphatic heterocycles. The molecule has 10 aromatic carbocycles. The van der Waals surface area contributed by atoms with Gasteiger partial charge in [0, 0.05) is 38.9 Å². The maximum absolute atomic E-state index is 2.57. The standard InChI is InChI=1S/C77H74N2/c1-7-9-11-15-27-59-49-70(62(47-54(59)4)28-16-12-10-8-2)63-45-53(3)46-67(48-63)79-75-43-35-60(56-25-19-14-20-26-56)50-71(75)72-51-61(36-44-76(72)79)58-33-39-65(40-34-58)78(64-37-31-57(32-38-64)55-23-17-13-18-24-55)66-41-42-69-68-29-21-22-30-73(68)77(5,6)74(69)52-66/h13-14,17-26,29-52H,7-12,15-16,27-28H2,1-6H3. The molecule has 0 spiro atoms. The summed E-state index contributed by atoms with van der Waals surface area (Å²) in [6.45, 7) is 14.0. The van der Waals surface area contributed by atoms with E-state index in [9.17, 15) is 0 Å². The summed E-state index contributed by atoms with van der Waals surface area (Å²) in [5, 5.41) is 2.51. The van der Waals surface area contributed by atoms with Crippen LogP contribution in [0.25, 0.3) is 83.1 Å². The molecule has 2 heteroatoms. The Morgan fingerprint density at radius 3 is 1.48 bits per heavy atom. The van der Waals surface area contributed by atoms with Crippen LogP contribution in [-0.4, -0.2) is 4.57 Å². The van der Waals surface area contributed by atoms with Crippen molar-refractivity contribution in [3.05, 3.63) is 252 Å².